The van der Waals surface area contributed by atoms with Crippen molar-refractivity contribution in [1.82, 2.24) is 15.5 Å². The fraction of sp³-hybridized carbons (Fsp3) is 0.600. The Labute approximate surface area is 127 Å². The lowest BCUT2D eigenvalue weighted by Crippen LogP contribution is -2.19. The van der Waals surface area contributed by atoms with E-state index in [1.54, 1.807) is 21.8 Å². The Balaban J connectivity index is 1.44. The van der Waals surface area contributed by atoms with E-state index in [-0.39, 0.29) is 0 Å². The van der Waals surface area contributed by atoms with Gasteiger partial charge in [0.1, 0.15) is 5.01 Å². The zero-order valence-corrected chi connectivity index (χ0v) is 13.2. The van der Waals surface area contributed by atoms with E-state index in [1.807, 2.05) is 11.3 Å². The summed E-state index contributed by atoms with van der Waals surface area (Å²) in [6.07, 6.45) is 8.92. The molecule has 1 saturated carbocycles. The first-order chi connectivity index (χ1) is 9.88. The van der Waals surface area contributed by atoms with Crippen LogP contribution < -0.4 is 5.32 Å². The average Bonchev–Trinajstić information content (AvgIpc) is 3.01. The molecule has 0 atom stereocenters. The van der Waals surface area contributed by atoms with Crippen LogP contribution in [0.2, 0.25) is 0 Å². The summed E-state index contributed by atoms with van der Waals surface area (Å²) in [4.78, 5) is 2.91. The lowest BCUT2D eigenvalue weighted by atomic mass is 9.99. The van der Waals surface area contributed by atoms with Crippen molar-refractivity contribution in [3.8, 4) is 9.88 Å². The maximum Gasteiger partial charge on any atom is 0.157 e. The van der Waals surface area contributed by atoms with Crippen LogP contribution in [0.15, 0.2) is 6.07 Å². The van der Waals surface area contributed by atoms with Gasteiger partial charge in [-0.2, -0.15) is 0 Å². The molecule has 0 radical (unpaired) electrons. The third-order valence-electron chi connectivity index (χ3n) is 4.02. The van der Waals surface area contributed by atoms with Gasteiger partial charge < -0.3 is 5.32 Å². The van der Waals surface area contributed by atoms with Crippen LogP contribution in [0.5, 0.6) is 0 Å². The molecule has 0 unspecified atom stereocenters. The topological polar surface area (TPSA) is 37.8 Å². The predicted molar refractivity (Wildman–Crippen MR) is 84.6 cm³/mol. The van der Waals surface area contributed by atoms with Crippen molar-refractivity contribution >= 4 is 22.7 Å². The molecular weight excluding hydrogens is 286 g/mol. The van der Waals surface area contributed by atoms with Crippen molar-refractivity contribution in [1.29, 1.82) is 0 Å². The average molecular weight is 305 g/mol. The molecule has 2 heterocycles. The fourth-order valence-corrected chi connectivity index (χ4v) is 4.85. The van der Waals surface area contributed by atoms with Crippen molar-refractivity contribution in [3.63, 3.8) is 0 Å². The summed E-state index contributed by atoms with van der Waals surface area (Å²) in [5, 5.41) is 14.6. The fourth-order valence-electron chi connectivity index (χ4n) is 2.72. The van der Waals surface area contributed by atoms with Crippen LogP contribution in [0.3, 0.4) is 0 Å². The second-order valence-electron chi connectivity index (χ2n) is 5.75. The number of rotatable bonds is 5. The molecule has 0 amide bonds. The zero-order valence-electron chi connectivity index (χ0n) is 11.5. The van der Waals surface area contributed by atoms with Gasteiger partial charge in [-0.05, 0) is 50.2 Å². The molecule has 0 bridgehead atoms. The summed E-state index contributed by atoms with van der Waals surface area (Å²) in [5.74, 6) is 0. The van der Waals surface area contributed by atoms with E-state index in [0.29, 0.717) is 0 Å². The Morgan fingerprint density at radius 1 is 1.15 bits per heavy atom. The number of thiophene rings is 1. The molecule has 20 heavy (non-hydrogen) atoms. The third kappa shape index (κ3) is 2.80. The molecule has 106 valence electrons. The Bertz CT molecular complexity index is 575. The number of hydrogen-bond donors (Lipinski definition) is 1. The van der Waals surface area contributed by atoms with Crippen molar-refractivity contribution in [2.24, 2.45) is 0 Å². The zero-order chi connectivity index (χ0) is 13.4. The van der Waals surface area contributed by atoms with Gasteiger partial charge in [-0.25, -0.2) is 0 Å². The molecule has 5 heteroatoms. The molecule has 2 aromatic heterocycles. The van der Waals surface area contributed by atoms with E-state index >= 15 is 0 Å². The van der Waals surface area contributed by atoms with Gasteiger partial charge in [0.15, 0.2) is 5.01 Å². The first-order valence-electron chi connectivity index (χ1n) is 7.56. The Kier molecular flexibility index (Phi) is 3.58. The summed E-state index contributed by atoms with van der Waals surface area (Å²) in [7, 11) is 0. The minimum Gasteiger partial charge on any atom is -0.314 e. The Morgan fingerprint density at radius 2 is 2.05 bits per heavy atom. The quantitative estimate of drug-likeness (QED) is 0.919. The van der Waals surface area contributed by atoms with E-state index in [4.69, 9.17) is 0 Å². The predicted octanol–water partition coefficient (Wildman–Crippen LogP) is 3.44. The van der Waals surface area contributed by atoms with Crippen molar-refractivity contribution in [2.45, 2.75) is 51.0 Å². The Morgan fingerprint density at radius 3 is 2.90 bits per heavy atom. The summed E-state index contributed by atoms with van der Waals surface area (Å²) in [6, 6.07) is 3.14. The van der Waals surface area contributed by atoms with Crippen LogP contribution in [0.1, 0.15) is 41.1 Å². The summed E-state index contributed by atoms with van der Waals surface area (Å²) >= 11 is 3.70. The molecule has 0 saturated heterocycles. The molecular formula is C15H19N3S2. The van der Waals surface area contributed by atoms with Crippen LogP contribution >= 0.6 is 22.7 Å². The molecule has 0 aromatic carbocycles. The SMILES string of the molecule is c1c(-c2nnc(CCNC3CC3)s2)sc2c1CCCC2. The van der Waals surface area contributed by atoms with Gasteiger partial charge in [-0.1, -0.05) is 11.3 Å². The molecule has 1 fully saturated rings. The highest BCUT2D eigenvalue weighted by molar-refractivity contribution is 7.21. The first kappa shape index (κ1) is 12.9. The van der Waals surface area contributed by atoms with Crippen LogP contribution in [0.4, 0.5) is 0 Å². The molecule has 2 aromatic rings. The molecule has 2 aliphatic rings. The first-order valence-corrected chi connectivity index (χ1v) is 9.19. The van der Waals surface area contributed by atoms with E-state index in [9.17, 15) is 0 Å². The highest BCUT2D eigenvalue weighted by Crippen LogP contribution is 2.36. The monoisotopic (exact) mass is 305 g/mol. The lowest BCUT2D eigenvalue weighted by Gasteiger charge is -2.08. The summed E-state index contributed by atoms with van der Waals surface area (Å²) in [5.41, 5.74) is 1.56. The van der Waals surface area contributed by atoms with Crippen molar-refractivity contribution in [2.75, 3.05) is 6.54 Å². The highest BCUT2D eigenvalue weighted by atomic mass is 32.1. The second-order valence-corrected chi connectivity index (χ2v) is 7.94. The van der Waals surface area contributed by atoms with Crippen LogP contribution in [-0.4, -0.2) is 22.8 Å². The number of nitrogens with one attached hydrogen (secondary N) is 1. The third-order valence-corrected chi connectivity index (χ3v) is 6.41. The smallest absolute Gasteiger partial charge is 0.157 e. The van der Waals surface area contributed by atoms with E-state index in [2.05, 4.69) is 21.6 Å². The van der Waals surface area contributed by atoms with Gasteiger partial charge in [0, 0.05) is 23.9 Å². The van der Waals surface area contributed by atoms with Gasteiger partial charge in [-0.3, -0.25) is 0 Å². The van der Waals surface area contributed by atoms with Crippen LogP contribution in [0.25, 0.3) is 9.88 Å². The number of hydrogen-bond acceptors (Lipinski definition) is 5. The molecule has 2 aliphatic carbocycles. The summed E-state index contributed by atoms with van der Waals surface area (Å²) in [6.45, 7) is 1.04. The summed E-state index contributed by atoms with van der Waals surface area (Å²) < 4.78 is 0. The normalized spacial score (nSPS) is 18.2. The minimum absolute atomic E-state index is 0.784. The van der Waals surface area contributed by atoms with Gasteiger partial charge in [-0.15, -0.1) is 21.5 Å². The minimum atomic E-state index is 0.784. The van der Waals surface area contributed by atoms with Crippen LogP contribution in [-0.2, 0) is 19.3 Å². The van der Waals surface area contributed by atoms with Crippen LogP contribution in [0, 0.1) is 0 Å². The van der Waals surface area contributed by atoms with E-state index < -0.39 is 0 Å². The van der Waals surface area contributed by atoms with E-state index in [1.165, 1.54) is 48.4 Å². The van der Waals surface area contributed by atoms with Gasteiger partial charge in [0.05, 0.1) is 4.88 Å². The van der Waals surface area contributed by atoms with Crippen molar-refractivity contribution < 1.29 is 0 Å². The number of aromatic nitrogens is 2. The van der Waals surface area contributed by atoms with E-state index in [0.717, 1.165) is 24.0 Å². The second kappa shape index (κ2) is 5.54. The maximum absolute atomic E-state index is 4.39. The number of nitrogens with zero attached hydrogens (tertiary/aromatic N) is 2. The Hall–Kier alpha value is -0.780. The molecule has 1 N–H and O–H groups in total. The standard InChI is InChI=1S/C15H19N3S2/c1-2-4-12-10(3-1)9-13(19-12)15-18-17-14(20-15)7-8-16-11-5-6-11/h9,11,16H,1-8H2. The largest absolute Gasteiger partial charge is 0.314 e. The maximum atomic E-state index is 4.39. The molecule has 4 rings (SSSR count). The van der Waals surface area contributed by atoms with Gasteiger partial charge >= 0.3 is 0 Å². The highest BCUT2D eigenvalue weighted by Gasteiger charge is 2.20. The number of aryl methyl sites for hydroxylation is 2. The van der Waals surface area contributed by atoms with Gasteiger partial charge in [0.25, 0.3) is 0 Å². The molecule has 3 nitrogen and oxygen atoms in total. The van der Waals surface area contributed by atoms with Gasteiger partial charge in [0.2, 0.25) is 0 Å². The molecule has 0 aliphatic heterocycles. The lowest BCUT2D eigenvalue weighted by molar-refractivity contribution is 0.677. The van der Waals surface area contributed by atoms with Crippen molar-refractivity contribution in [3.05, 3.63) is 21.5 Å². The molecule has 0 spiro atoms. The number of fused-ring (bicyclic) bond motifs is 1.